The molecule has 134 valence electrons. The van der Waals surface area contributed by atoms with Crippen molar-refractivity contribution in [3.05, 3.63) is 34.9 Å². The Kier molecular flexibility index (Phi) is 10.4. The summed E-state index contributed by atoms with van der Waals surface area (Å²) in [6.07, 6.45) is 17.3. The molecule has 0 saturated carbocycles. The molecule has 1 N–H and O–H groups in total. The van der Waals surface area contributed by atoms with Crippen molar-refractivity contribution in [2.45, 2.75) is 71.1 Å². The molecule has 0 aromatic carbocycles. The quantitative estimate of drug-likeness (QED) is 0.274. The molecule has 1 aliphatic carbocycles. The van der Waals surface area contributed by atoms with Gasteiger partial charge in [0.1, 0.15) is 0 Å². The lowest BCUT2D eigenvalue weighted by Crippen LogP contribution is -2.03. The molecule has 0 heterocycles. The lowest BCUT2D eigenvalue weighted by molar-refractivity contribution is -0.137. The zero-order valence-electron chi connectivity index (χ0n) is 14.6. The smallest absolute Gasteiger partial charge is 0.303 e. The van der Waals surface area contributed by atoms with Gasteiger partial charge in [0.25, 0.3) is 0 Å². The van der Waals surface area contributed by atoms with Crippen molar-refractivity contribution in [1.29, 1.82) is 0 Å². The third kappa shape index (κ3) is 7.96. The Labute approximate surface area is 150 Å². The number of hydrogen-bond donors (Lipinski definition) is 1. The Bertz CT molecular complexity index is 503. The SMILES string of the molecule is CCCCCC=CCC1C=C(Cl)C(=O)C1=CCCCCCC(=O)O. The van der Waals surface area contributed by atoms with E-state index in [1.165, 1.54) is 19.3 Å². The second-order valence-corrected chi connectivity index (χ2v) is 6.71. The average molecular weight is 353 g/mol. The van der Waals surface area contributed by atoms with Crippen molar-refractivity contribution in [3.63, 3.8) is 0 Å². The van der Waals surface area contributed by atoms with Gasteiger partial charge in [-0.1, -0.05) is 62.1 Å². The van der Waals surface area contributed by atoms with Gasteiger partial charge in [0, 0.05) is 17.9 Å². The summed E-state index contributed by atoms with van der Waals surface area (Å²) in [6.45, 7) is 2.19. The van der Waals surface area contributed by atoms with Gasteiger partial charge in [-0.25, -0.2) is 0 Å². The van der Waals surface area contributed by atoms with Crippen LogP contribution in [0.15, 0.2) is 34.9 Å². The summed E-state index contributed by atoms with van der Waals surface area (Å²) in [5, 5.41) is 8.94. The number of allylic oxidation sites excluding steroid dienone is 6. The number of unbranched alkanes of at least 4 members (excludes halogenated alkanes) is 6. The van der Waals surface area contributed by atoms with E-state index in [9.17, 15) is 9.59 Å². The number of aliphatic carboxylic acids is 1. The highest BCUT2D eigenvalue weighted by Crippen LogP contribution is 2.32. The van der Waals surface area contributed by atoms with E-state index in [1.54, 1.807) is 0 Å². The molecule has 3 nitrogen and oxygen atoms in total. The first-order valence-corrected chi connectivity index (χ1v) is 9.43. The highest BCUT2D eigenvalue weighted by atomic mass is 35.5. The van der Waals surface area contributed by atoms with Gasteiger partial charge in [-0.2, -0.15) is 0 Å². The summed E-state index contributed by atoms with van der Waals surface area (Å²) in [5.74, 6) is -0.709. The van der Waals surface area contributed by atoms with Crippen molar-refractivity contribution in [1.82, 2.24) is 0 Å². The molecule has 4 heteroatoms. The van der Waals surface area contributed by atoms with Gasteiger partial charge < -0.3 is 5.11 Å². The summed E-state index contributed by atoms with van der Waals surface area (Å²) < 4.78 is 0. The average Bonchev–Trinajstić information content (AvgIpc) is 2.81. The van der Waals surface area contributed by atoms with Crippen LogP contribution in [0.2, 0.25) is 0 Å². The maximum Gasteiger partial charge on any atom is 0.303 e. The van der Waals surface area contributed by atoms with Crippen LogP contribution in [0, 0.1) is 5.92 Å². The number of carboxylic acid groups (broad SMARTS) is 1. The van der Waals surface area contributed by atoms with Crippen LogP contribution < -0.4 is 0 Å². The van der Waals surface area contributed by atoms with Gasteiger partial charge in [-0.15, -0.1) is 0 Å². The van der Waals surface area contributed by atoms with E-state index in [1.807, 2.05) is 12.2 Å². The Morgan fingerprint density at radius 3 is 2.62 bits per heavy atom. The van der Waals surface area contributed by atoms with Crippen molar-refractivity contribution >= 4 is 23.4 Å². The van der Waals surface area contributed by atoms with Crippen LogP contribution in [-0.4, -0.2) is 16.9 Å². The van der Waals surface area contributed by atoms with Crippen LogP contribution in [0.3, 0.4) is 0 Å². The van der Waals surface area contributed by atoms with Crippen LogP contribution >= 0.6 is 11.6 Å². The molecule has 1 unspecified atom stereocenters. The Morgan fingerprint density at radius 2 is 1.92 bits per heavy atom. The molecule has 0 saturated heterocycles. The van der Waals surface area contributed by atoms with E-state index in [0.717, 1.165) is 37.7 Å². The number of carboxylic acids is 1. The van der Waals surface area contributed by atoms with Crippen molar-refractivity contribution in [3.8, 4) is 0 Å². The zero-order valence-corrected chi connectivity index (χ0v) is 15.4. The maximum atomic E-state index is 12.1. The molecule has 0 fully saturated rings. The Morgan fingerprint density at radius 1 is 1.17 bits per heavy atom. The Hall–Kier alpha value is -1.35. The minimum atomic E-state index is -0.749. The van der Waals surface area contributed by atoms with Crippen LogP contribution in [0.4, 0.5) is 0 Å². The van der Waals surface area contributed by atoms with Crippen molar-refractivity contribution in [2.75, 3.05) is 0 Å². The number of ketones is 1. The van der Waals surface area contributed by atoms with Crippen LogP contribution in [0.5, 0.6) is 0 Å². The summed E-state index contributed by atoms with van der Waals surface area (Å²) in [5.41, 5.74) is 0.802. The van der Waals surface area contributed by atoms with Crippen molar-refractivity contribution < 1.29 is 14.7 Å². The molecule has 0 aromatic heterocycles. The highest BCUT2D eigenvalue weighted by Gasteiger charge is 2.27. The molecule has 1 rings (SSSR count). The highest BCUT2D eigenvalue weighted by molar-refractivity contribution is 6.46. The number of hydrogen-bond acceptors (Lipinski definition) is 2. The van der Waals surface area contributed by atoms with E-state index >= 15 is 0 Å². The topological polar surface area (TPSA) is 54.4 Å². The molecule has 0 amide bonds. The molecular formula is C20H29ClO3. The molecule has 1 aliphatic rings. The summed E-state index contributed by atoms with van der Waals surface area (Å²) in [6, 6.07) is 0. The van der Waals surface area contributed by atoms with Crippen LogP contribution in [0.25, 0.3) is 0 Å². The van der Waals surface area contributed by atoms with E-state index < -0.39 is 5.97 Å². The number of carbonyl (C=O) groups excluding carboxylic acids is 1. The summed E-state index contributed by atoms with van der Waals surface area (Å²) >= 11 is 6.01. The fraction of sp³-hybridized carbons (Fsp3) is 0.600. The van der Waals surface area contributed by atoms with Gasteiger partial charge in [-0.05, 0) is 38.5 Å². The number of halogens is 1. The lowest BCUT2D eigenvalue weighted by atomic mass is 9.96. The minimum absolute atomic E-state index is 0.0495. The predicted molar refractivity (Wildman–Crippen MR) is 99.1 cm³/mol. The van der Waals surface area contributed by atoms with Gasteiger partial charge in [0.2, 0.25) is 0 Å². The second kappa shape index (κ2) is 12.1. The molecule has 0 aromatic rings. The van der Waals surface area contributed by atoms with Gasteiger partial charge in [0.15, 0.2) is 5.78 Å². The summed E-state index contributed by atoms with van der Waals surface area (Å²) in [4.78, 5) is 22.6. The monoisotopic (exact) mass is 352 g/mol. The van der Waals surface area contributed by atoms with E-state index in [-0.39, 0.29) is 18.1 Å². The number of Topliss-reactive ketones (excluding diaryl/α,β-unsaturated/α-hetero) is 1. The third-order valence-electron chi connectivity index (χ3n) is 4.22. The molecule has 1 atom stereocenters. The molecular weight excluding hydrogens is 324 g/mol. The first kappa shape index (κ1) is 20.7. The third-order valence-corrected chi connectivity index (χ3v) is 4.51. The predicted octanol–water partition coefficient (Wildman–Crippen LogP) is 5.80. The number of carbonyl (C=O) groups is 2. The first-order valence-electron chi connectivity index (χ1n) is 9.05. The van der Waals surface area contributed by atoms with Crippen molar-refractivity contribution in [2.24, 2.45) is 5.92 Å². The summed E-state index contributed by atoms with van der Waals surface area (Å²) in [7, 11) is 0. The van der Waals surface area contributed by atoms with Crippen LogP contribution in [-0.2, 0) is 9.59 Å². The molecule has 0 aliphatic heterocycles. The minimum Gasteiger partial charge on any atom is -0.481 e. The lowest BCUT2D eigenvalue weighted by Gasteiger charge is -2.07. The van der Waals surface area contributed by atoms with Crippen LogP contribution in [0.1, 0.15) is 71.1 Å². The molecule has 0 radical (unpaired) electrons. The van der Waals surface area contributed by atoms with E-state index in [4.69, 9.17) is 16.7 Å². The van der Waals surface area contributed by atoms with Gasteiger partial charge in [0.05, 0.1) is 5.03 Å². The second-order valence-electron chi connectivity index (χ2n) is 6.31. The maximum absolute atomic E-state index is 12.1. The zero-order chi connectivity index (χ0) is 17.8. The number of rotatable bonds is 12. The normalized spacial score (nSPS) is 19.4. The van der Waals surface area contributed by atoms with E-state index in [0.29, 0.717) is 11.5 Å². The van der Waals surface area contributed by atoms with Gasteiger partial charge >= 0.3 is 5.97 Å². The molecule has 0 bridgehead atoms. The Balaban J connectivity index is 2.40. The fourth-order valence-corrected chi connectivity index (χ4v) is 3.08. The van der Waals surface area contributed by atoms with E-state index in [2.05, 4.69) is 19.1 Å². The largest absolute Gasteiger partial charge is 0.481 e. The van der Waals surface area contributed by atoms with Gasteiger partial charge in [-0.3, -0.25) is 9.59 Å². The standard InChI is InChI=1S/C20H29ClO3/c1-2-3-4-5-6-9-12-16-15-18(21)20(24)17(16)13-10-7-8-11-14-19(22)23/h6,9,13,15-16H,2-5,7-8,10-12,14H2,1H3,(H,22,23). The molecule has 24 heavy (non-hydrogen) atoms. The fourth-order valence-electron chi connectivity index (χ4n) is 2.82. The molecule has 0 spiro atoms. The first-order chi connectivity index (χ1) is 11.6.